The molecule has 0 saturated carbocycles. The van der Waals surface area contributed by atoms with Gasteiger partial charge in [-0.2, -0.15) is 13.2 Å². The number of halogens is 3. The molecular formula is C8H12F3NO4. The van der Waals surface area contributed by atoms with E-state index in [0.29, 0.717) is 0 Å². The zero-order valence-corrected chi connectivity index (χ0v) is 8.47. The van der Waals surface area contributed by atoms with Crippen molar-refractivity contribution in [3.05, 3.63) is 0 Å². The van der Waals surface area contributed by atoms with Crippen LogP contribution in [0.4, 0.5) is 13.2 Å². The lowest BCUT2D eigenvalue weighted by atomic mass is 10.0. The molecule has 8 heteroatoms. The van der Waals surface area contributed by atoms with Gasteiger partial charge in [0.05, 0.1) is 0 Å². The smallest absolute Gasteiger partial charge is 0.480 e. The molecule has 1 unspecified atom stereocenters. The molecule has 94 valence electrons. The summed E-state index contributed by atoms with van der Waals surface area (Å²) in [5, 5.41) is 18.7. The quantitative estimate of drug-likeness (QED) is 0.635. The number of hydrogen-bond donors (Lipinski definition) is 3. The number of nitrogens with one attached hydrogen (secondary N) is 1. The number of rotatable bonds is 1. The van der Waals surface area contributed by atoms with E-state index < -0.39 is 23.7 Å². The van der Waals surface area contributed by atoms with Crippen LogP contribution in [0.1, 0.15) is 19.8 Å². The second-order valence-corrected chi connectivity index (χ2v) is 3.47. The summed E-state index contributed by atoms with van der Waals surface area (Å²) in [5.74, 6) is -3.49. The van der Waals surface area contributed by atoms with Crippen molar-refractivity contribution in [1.29, 1.82) is 0 Å². The summed E-state index contributed by atoms with van der Waals surface area (Å²) >= 11 is 0. The molecule has 1 rings (SSSR count). The van der Waals surface area contributed by atoms with E-state index in [9.17, 15) is 18.0 Å². The Hall–Kier alpha value is -1.31. The number of hydrogen-bond acceptors (Lipinski definition) is 3. The number of alkyl halides is 3. The van der Waals surface area contributed by atoms with E-state index in [0.717, 1.165) is 19.4 Å². The molecule has 1 saturated heterocycles. The average Bonchev–Trinajstić information content (AvgIpc) is 2.52. The molecule has 16 heavy (non-hydrogen) atoms. The molecule has 0 bridgehead atoms. The van der Waals surface area contributed by atoms with Gasteiger partial charge in [-0.1, -0.05) is 0 Å². The molecule has 0 radical (unpaired) electrons. The maximum Gasteiger partial charge on any atom is 0.490 e. The van der Waals surface area contributed by atoms with Gasteiger partial charge in [-0.15, -0.1) is 0 Å². The summed E-state index contributed by atoms with van der Waals surface area (Å²) in [7, 11) is 0. The molecule has 5 nitrogen and oxygen atoms in total. The fraction of sp³-hybridized carbons (Fsp3) is 0.750. The lowest BCUT2D eigenvalue weighted by molar-refractivity contribution is -0.192. The van der Waals surface area contributed by atoms with Crippen molar-refractivity contribution < 1.29 is 33.0 Å². The molecule has 0 spiro atoms. The molecule has 1 fully saturated rings. The van der Waals surface area contributed by atoms with E-state index in [1.807, 2.05) is 0 Å². The maximum atomic E-state index is 10.6. The Labute approximate surface area is 89.3 Å². The first-order valence-corrected chi connectivity index (χ1v) is 4.38. The van der Waals surface area contributed by atoms with Crippen molar-refractivity contribution in [1.82, 2.24) is 5.32 Å². The molecule has 3 N–H and O–H groups in total. The first-order chi connectivity index (χ1) is 7.09. The van der Waals surface area contributed by atoms with Gasteiger partial charge in [0, 0.05) is 0 Å². The highest BCUT2D eigenvalue weighted by Crippen LogP contribution is 2.17. The molecule has 1 aliphatic heterocycles. The molecule has 0 amide bonds. The van der Waals surface area contributed by atoms with Crippen LogP contribution in [0.2, 0.25) is 0 Å². The number of aliphatic carboxylic acids is 2. The maximum absolute atomic E-state index is 10.6. The van der Waals surface area contributed by atoms with Gasteiger partial charge in [-0.3, -0.25) is 4.79 Å². The van der Waals surface area contributed by atoms with Crippen LogP contribution in [0.25, 0.3) is 0 Å². The third-order valence-corrected chi connectivity index (χ3v) is 2.08. The third-order valence-electron chi connectivity index (χ3n) is 2.08. The van der Waals surface area contributed by atoms with Crippen LogP contribution in [0, 0.1) is 0 Å². The molecule has 0 aromatic heterocycles. The minimum Gasteiger partial charge on any atom is -0.480 e. The standard InChI is InChI=1S/C6H11NO2.C2HF3O2/c1-6(5(8)9)3-2-4-7-6;3-2(4,5)1(6)7/h7H,2-4H2,1H3,(H,8,9);(H,6,7). The summed E-state index contributed by atoms with van der Waals surface area (Å²) in [5.41, 5.74) is -0.639. The summed E-state index contributed by atoms with van der Waals surface area (Å²) in [6.45, 7) is 2.56. The van der Waals surface area contributed by atoms with Gasteiger partial charge in [0.2, 0.25) is 0 Å². The van der Waals surface area contributed by atoms with E-state index in [1.165, 1.54) is 0 Å². The van der Waals surface area contributed by atoms with Crippen LogP contribution >= 0.6 is 0 Å². The third kappa shape index (κ3) is 4.47. The number of carbonyl (C=O) groups is 2. The predicted octanol–water partition coefficient (Wildman–Crippen LogP) is 0.846. The lowest BCUT2D eigenvalue weighted by Gasteiger charge is -2.16. The van der Waals surface area contributed by atoms with Crippen molar-refractivity contribution in [3.8, 4) is 0 Å². The van der Waals surface area contributed by atoms with Gasteiger partial charge < -0.3 is 15.5 Å². The Kier molecular flexibility index (Phi) is 4.73. The first-order valence-electron chi connectivity index (χ1n) is 4.38. The monoisotopic (exact) mass is 243 g/mol. The van der Waals surface area contributed by atoms with Gasteiger partial charge >= 0.3 is 18.1 Å². The molecule has 0 aromatic rings. The van der Waals surface area contributed by atoms with Crippen LogP contribution in [-0.4, -0.2) is 40.4 Å². The van der Waals surface area contributed by atoms with Crippen LogP contribution < -0.4 is 5.32 Å². The highest BCUT2D eigenvalue weighted by Gasteiger charge is 2.38. The molecule has 0 aliphatic carbocycles. The van der Waals surface area contributed by atoms with Crippen LogP contribution in [0.15, 0.2) is 0 Å². The second kappa shape index (κ2) is 5.15. The summed E-state index contributed by atoms with van der Waals surface area (Å²) in [6, 6.07) is 0. The van der Waals surface area contributed by atoms with Crippen LogP contribution in [0.5, 0.6) is 0 Å². The van der Waals surface area contributed by atoms with Crippen molar-refractivity contribution in [2.24, 2.45) is 0 Å². The molecule has 1 aliphatic rings. The SMILES string of the molecule is CC1(C(=O)O)CCCN1.O=C(O)C(F)(F)F. The second-order valence-electron chi connectivity index (χ2n) is 3.47. The summed E-state index contributed by atoms with van der Waals surface area (Å²) < 4.78 is 31.7. The zero-order chi connectivity index (χ0) is 13.0. The minimum atomic E-state index is -5.08. The van der Waals surface area contributed by atoms with Gasteiger partial charge in [0.25, 0.3) is 0 Å². The molecule has 1 atom stereocenters. The number of carboxylic acids is 2. The Morgan fingerprint density at radius 3 is 1.88 bits per heavy atom. The van der Waals surface area contributed by atoms with Gasteiger partial charge in [0.1, 0.15) is 5.54 Å². The Balaban J connectivity index is 0.000000293. The van der Waals surface area contributed by atoms with E-state index in [2.05, 4.69) is 5.32 Å². The Bertz CT molecular complexity index is 271. The van der Waals surface area contributed by atoms with Gasteiger partial charge in [-0.25, -0.2) is 4.79 Å². The predicted molar refractivity (Wildman–Crippen MR) is 47.0 cm³/mol. The van der Waals surface area contributed by atoms with E-state index in [1.54, 1.807) is 6.92 Å². The van der Waals surface area contributed by atoms with Crippen molar-refractivity contribution in [3.63, 3.8) is 0 Å². The largest absolute Gasteiger partial charge is 0.490 e. The van der Waals surface area contributed by atoms with Crippen molar-refractivity contribution >= 4 is 11.9 Å². The first kappa shape index (κ1) is 14.7. The van der Waals surface area contributed by atoms with Crippen molar-refractivity contribution in [2.45, 2.75) is 31.5 Å². The fourth-order valence-electron chi connectivity index (χ4n) is 1.08. The van der Waals surface area contributed by atoms with Gasteiger partial charge in [-0.05, 0) is 26.3 Å². The van der Waals surface area contributed by atoms with Crippen LogP contribution in [0.3, 0.4) is 0 Å². The molecule has 0 aromatic carbocycles. The van der Waals surface area contributed by atoms with Crippen LogP contribution in [-0.2, 0) is 9.59 Å². The normalized spacial score (nSPS) is 24.5. The minimum absolute atomic E-state index is 0.639. The number of carboxylic acid groups (broad SMARTS) is 2. The van der Waals surface area contributed by atoms with E-state index >= 15 is 0 Å². The lowest BCUT2D eigenvalue weighted by Crippen LogP contribution is -2.44. The van der Waals surface area contributed by atoms with Crippen molar-refractivity contribution in [2.75, 3.05) is 6.54 Å². The topological polar surface area (TPSA) is 86.6 Å². The Morgan fingerprint density at radius 2 is 1.75 bits per heavy atom. The van der Waals surface area contributed by atoms with E-state index in [4.69, 9.17) is 15.0 Å². The highest BCUT2D eigenvalue weighted by molar-refractivity contribution is 5.78. The molecule has 1 heterocycles. The summed E-state index contributed by atoms with van der Waals surface area (Å²) in [4.78, 5) is 19.4. The average molecular weight is 243 g/mol. The Morgan fingerprint density at radius 1 is 1.31 bits per heavy atom. The summed E-state index contributed by atoms with van der Waals surface area (Å²) in [6.07, 6.45) is -3.36. The zero-order valence-electron chi connectivity index (χ0n) is 8.47. The highest BCUT2D eigenvalue weighted by atomic mass is 19.4. The van der Waals surface area contributed by atoms with Gasteiger partial charge in [0.15, 0.2) is 0 Å². The fourth-order valence-corrected chi connectivity index (χ4v) is 1.08. The molecular weight excluding hydrogens is 231 g/mol. The van der Waals surface area contributed by atoms with E-state index in [-0.39, 0.29) is 0 Å².